The highest BCUT2D eigenvalue weighted by Gasteiger charge is 2.31. The number of nitrogens with one attached hydrogen (secondary N) is 3. The summed E-state index contributed by atoms with van der Waals surface area (Å²) < 4.78 is 0. The zero-order valence-electron chi connectivity index (χ0n) is 16.1. The lowest BCUT2D eigenvalue weighted by molar-refractivity contribution is -0.144. The molecule has 3 amide bonds. The fraction of sp³-hybridized carbons (Fsp3) is 0.688. The van der Waals surface area contributed by atoms with Gasteiger partial charge in [0, 0.05) is 0 Å². The van der Waals surface area contributed by atoms with Crippen molar-refractivity contribution in [1.29, 1.82) is 0 Å². The Hall–Kier alpha value is -2.77. The number of hydrogen-bond donors (Lipinski definition) is 8. The second-order valence-electron chi connectivity index (χ2n) is 6.72. The summed E-state index contributed by atoms with van der Waals surface area (Å²) in [5.41, 5.74) is 5.33. The third-order valence-corrected chi connectivity index (χ3v) is 3.68. The zero-order valence-corrected chi connectivity index (χ0v) is 16.1. The van der Waals surface area contributed by atoms with Crippen LogP contribution in [0.5, 0.6) is 0 Å². The number of carbonyl (C=O) groups excluding carboxylic acids is 3. The normalized spacial score (nSPS) is 15.0. The third-order valence-electron chi connectivity index (χ3n) is 3.68. The van der Waals surface area contributed by atoms with E-state index in [-0.39, 0.29) is 12.3 Å². The molecule has 4 unspecified atom stereocenters. The molecular formula is C16H28N4O9. The highest BCUT2D eigenvalue weighted by Crippen LogP contribution is 2.07. The van der Waals surface area contributed by atoms with Crippen molar-refractivity contribution in [1.82, 2.24) is 16.0 Å². The Morgan fingerprint density at radius 2 is 1.28 bits per heavy atom. The highest BCUT2D eigenvalue weighted by atomic mass is 16.4. The molecule has 0 saturated carbocycles. The van der Waals surface area contributed by atoms with E-state index >= 15 is 0 Å². The first-order valence-electron chi connectivity index (χ1n) is 8.75. The van der Waals surface area contributed by atoms with E-state index in [1.54, 1.807) is 13.8 Å². The van der Waals surface area contributed by atoms with Gasteiger partial charge in [-0.25, -0.2) is 4.79 Å². The van der Waals surface area contributed by atoms with Gasteiger partial charge in [-0.1, -0.05) is 13.8 Å². The summed E-state index contributed by atoms with van der Waals surface area (Å²) >= 11 is 0. The summed E-state index contributed by atoms with van der Waals surface area (Å²) in [6.45, 7) is 1.84. The number of hydrogen-bond acceptors (Lipinski definition) is 8. The summed E-state index contributed by atoms with van der Waals surface area (Å²) in [7, 11) is 0. The number of aliphatic hydroxyl groups excluding tert-OH is 2. The Bertz CT molecular complexity index is 611. The van der Waals surface area contributed by atoms with E-state index < -0.39 is 73.5 Å². The number of carboxylic acids is 2. The van der Waals surface area contributed by atoms with Gasteiger partial charge < -0.3 is 42.1 Å². The van der Waals surface area contributed by atoms with Crippen molar-refractivity contribution in [2.75, 3.05) is 13.2 Å². The van der Waals surface area contributed by atoms with Gasteiger partial charge >= 0.3 is 11.9 Å². The van der Waals surface area contributed by atoms with E-state index in [2.05, 4.69) is 16.0 Å². The Kier molecular flexibility index (Phi) is 11.4. The van der Waals surface area contributed by atoms with Crippen LogP contribution in [0.1, 0.15) is 26.7 Å². The van der Waals surface area contributed by atoms with Crippen LogP contribution >= 0.6 is 0 Å². The van der Waals surface area contributed by atoms with E-state index in [0.29, 0.717) is 0 Å². The van der Waals surface area contributed by atoms with Crippen LogP contribution in [-0.2, 0) is 24.0 Å². The fourth-order valence-corrected chi connectivity index (χ4v) is 2.18. The van der Waals surface area contributed by atoms with Crippen LogP contribution in [0.3, 0.4) is 0 Å². The van der Waals surface area contributed by atoms with Crippen molar-refractivity contribution in [3.63, 3.8) is 0 Å². The SMILES string of the molecule is CC(C)CC(NC(=O)C(CC(=O)O)NC(=O)C(N)CO)C(=O)NC(CO)C(=O)O. The van der Waals surface area contributed by atoms with Crippen molar-refractivity contribution in [2.24, 2.45) is 11.7 Å². The second kappa shape index (κ2) is 12.6. The average Bonchev–Trinajstić information content (AvgIpc) is 2.62. The molecule has 166 valence electrons. The Morgan fingerprint density at radius 3 is 1.69 bits per heavy atom. The molecule has 0 aromatic carbocycles. The topological polar surface area (TPSA) is 228 Å². The van der Waals surface area contributed by atoms with Crippen LogP contribution in [0.25, 0.3) is 0 Å². The summed E-state index contributed by atoms with van der Waals surface area (Å²) in [6, 6.07) is -5.82. The minimum atomic E-state index is -1.59. The van der Waals surface area contributed by atoms with Crippen molar-refractivity contribution in [3.8, 4) is 0 Å². The average molecular weight is 420 g/mol. The quantitative estimate of drug-likeness (QED) is 0.146. The molecule has 0 aliphatic rings. The highest BCUT2D eigenvalue weighted by molar-refractivity contribution is 5.95. The van der Waals surface area contributed by atoms with Gasteiger partial charge in [0.15, 0.2) is 0 Å². The molecule has 0 aromatic heterocycles. The first kappa shape index (κ1) is 26.2. The molecule has 0 saturated heterocycles. The predicted molar refractivity (Wildman–Crippen MR) is 97.3 cm³/mol. The van der Waals surface area contributed by atoms with Gasteiger partial charge in [0.2, 0.25) is 17.7 Å². The molecule has 0 aliphatic carbocycles. The molecular weight excluding hydrogens is 392 g/mol. The number of aliphatic carboxylic acids is 2. The third kappa shape index (κ3) is 9.82. The Labute approximate surface area is 166 Å². The van der Waals surface area contributed by atoms with Gasteiger partial charge in [0.05, 0.1) is 19.6 Å². The summed E-state index contributed by atoms with van der Waals surface area (Å²) in [5.74, 6) is -5.91. The predicted octanol–water partition coefficient (Wildman–Crippen LogP) is -3.64. The van der Waals surface area contributed by atoms with E-state index in [4.69, 9.17) is 26.2 Å². The lowest BCUT2D eigenvalue weighted by Crippen LogP contribution is -2.58. The van der Waals surface area contributed by atoms with Crippen LogP contribution < -0.4 is 21.7 Å². The molecule has 0 rings (SSSR count). The van der Waals surface area contributed by atoms with E-state index in [1.165, 1.54) is 0 Å². The minimum Gasteiger partial charge on any atom is -0.481 e. The number of aliphatic hydroxyl groups is 2. The van der Waals surface area contributed by atoms with Gasteiger partial charge in [-0.15, -0.1) is 0 Å². The van der Waals surface area contributed by atoms with Crippen LogP contribution in [0.15, 0.2) is 0 Å². The molecule has 0 aliphatic heterocycles. The van der Waals surface area contributed by atoms with Crippen LogP contribution in [0.2, 0.25) is 0 Å². The number of rotatable bonds is 13. The molecule has 0 bridgehead atoms. The van der Waals surface area contributed by atoms with Gasteiger partial charge in [-0.3, -0.25) is 19.2 Å². The van der Waals surface area contributed by atoms with E-state index in [1.807, 2.05) is 0 Å². The molecule has 0 heterocycles. The fourth-order valence-electron chi connectivity index (χ4n) is 2.18. The molecule has 4 atom stereocenters. The maximum atomic E-state index is 12.5. The Morgan fingerprint density at radius 1 is 0.793 bits per heavy atom. The van der Waals surface area contributed by atoms with Gasteiger partial charge in [-0.2, -0.15) is 0 Å². The molecule has 13 nitrogen and oxygen atoms in total. The summed E-state index contributed by atoms with van der Waals surface area (Å²) in [5, 5.41) is 42.2. The van der Waals surface area contributed by atoms with Crippen molar-refractivity contribution >= 4 is 29.7 Å². The van der Waals surface area contributed by atoms with Crippen molar-refractivity contribution < 1.29 is 44.4 Å². The molecule has 0 spiro atoms. The molecule has 9 N–H and O–H groups in total. The summed E-state index contributed by atoms with van der Waals surface area (Å²) in [4.78, 5) is 58.6. The smallest absolute Gasteiger partial charge is 0.328 e. The molecule has 29 heavy (non-hydrogen) atoms. The first-order chi connectivity index (χ1) is 13.4. The monoisotopic (exact) mass is 420 g/mol. The van der Waals surface area contributed by atoms with Gasteiger partial charge in [-0.05, 0) is 12.3 Å². The summed E-state index contributed by atoms with van der Waals surface area (Å²) in [6.07, 6.45) is -0.751. The Balaban J connectivity index is 5.39. The van der Waals surface area contributed by atoms with Crippen molar-refractivity contribution in [2.45, 2.75) is 50.9 Å². The maximum absolute atomic E-state index is 12.5. The molecule has 13 heteroatoms. The lowest BCUT2D eigenvalue weighted by atomic mass is 10.0. The van der Waals surface area contributed by atoms with E-state index in [0.717, 1.165) is 0 Å². The molecule has 0 aromatic rings. The molecule has 0 fully saturated rings. The first-order valence-corrected chi connectivity index (χ1v) is 8.75. The standard InChI is InChI=1S/C16H28N4O9/c1-7(2)3-9(14(26)20-11(6-22)16(28)29)19-15(27)10(4-12(23)24)18-13(25)8(17)5-21/h7-11,21-22H,3-6,17H2,1-2H3,(H,18,25)(H,19,27)(H,20,26)(H,23,24)(H,28,29). The van der Waals surface area contributed by atoms with Gasteiger partial charge in [0.25, 0.3) is 0 Å². The lowest BCUT2D eigenvalue weighted by Gasteiger charge is -2.25. The van der Waals surface area contributed by atoms with E-state index in [9.17, 15) is 24.0 Å². The van der Waals surface area contributed by atoms with Crippen LogP contribution in [0.4, 0.5) is 0 Å². The van der Waals surface area contributed by atoms with Crippen LogP contribution in [0, 0.1) is 5.92 Å². The number of carbonyl (C=O) groups is 5. The van der Waals surface area contributed by atoms with Gasteiger partial charge in [0.1, 0.15) is 24.2 Å². The van der Waals surface area contributed by atoms with Crippen molar-refractivity contribution in [3.05, 3.63) is 0 Å². The second-order valence-corrected chi connectivity index (χ2v) is 6.72. The number of nitrogens with two attached hydrogens (primary N) is 1. The maximum Gasteiger partial charge on any atom is 0.328 e. The van der Waals surface area contributed by atoms with Crippen LogP contribution in [-0.4, -0.2) is 87.5 Å². The largest absolute Gasteiger partial charge is 0.481 e. The molecule has 0 radical (unpaired) electrons. The minimum absolute atomic E-state index is 0.0687. The zero-order chi connectivity index (χ0) is 22.7. The number of amides is 3. The number of carboxylic acid groups (broad SMARTS) is 2.